The average Bonchev–Trinajstić information content (AvgIpc) is 3.27. The Hall–Kier alpha value is -2.15. The fourth-order valence-corrected chi connectivity index (χ4v) is 1.79. The normalized spacial score (nSPS) is 15.4. The summed E-state index contributed by atoms with van der Waals surface area (Å²) in [5.41, 5.74) is 5.84. The lowest BCUT2D eigenvalue weighted by atomic mass is 10.2. The lowest BCUT2D eigenvalue weighted by molar-refractivity contribution is -0.384. The standard InChI is InChI=1S/C13H17N3O4/c14-12(9-1-2-9)7-15-13(17)8-20-11-5-3-10(4-6-11)16(18)19/h3-6,9,12H,1-2,7-8,14H2,(H,15,17). The number of benzene rings is 1. The zero-order valence-electron chi connectivity index (χ0n) is 11.0. The highest BCUT2D eigenvalue weighted by atomic mass is 16.6. The van der Waals surface area contributed by atoms with E-state index in [2.05, 4.69) is 5.32 Å². The molecule has 3 N–H and O–H groups in total. The van der Waals surface area contributed by atoms with E-state index in [0.717, 1.165) is 12.8 Å². The van der Waals surface area contributed by atoms with Gasteiger partial charge in [0.15, 0.2) is 6.61 Å². The van der Waals surface area contributed by atoms with Crippen LogP contribution in [0.4, 0.5) is 5.69 Å². The predicted molar refractivity (Wildman–Crippen MR) is 72.3 cm³/mol. The Labute approximate surface area is 116 Å². The second kappa shape index (κ2) is 6.33. The summed E-state index contributed by atoms with van der Waals surface area (Å²) < 4.78 is 5.24. The molecule has 0 bridgehead atoms. The van der Waals surface area contributed by atoms with E-state index in [1.54, 1.807) is 0 Å². The number of nitro groups is 1. The van der Waals surface area contributed by atoms with Gasteiger partial charge in [0, 0.05) is 24.7 Å². The maximum absolute atomic E-state index is 11.5. The molecule has 0 heterocycles. The van der Waals surface area contributed by atoms with Gasteiger partial charge in [0.1, 0.15) is 5.75 Å². The first-order chi connectivity index (χ1) is 9.56. The minimum absolute atomic E-state index is 0.0123. The van der Waals surface area contributed by atoms with E-state index in [9.17, 15) is 14.9 Å². The fourth-order valence-electron chi connectivity index (χ4n) is 1.79. The van der Waals surface area contributed by atoms with E-state index in [1.165, 1.54) is 24.3 Å². The molecule has 1 aliphatic rings. The Morgan fingerprint density at radius 2 is 2.10 bits per heavy atom. The number of carbonyl (C=O) groups is 1. The number of carbonyl (C=O) groups excluding carboxylic acids is 1. The number of ether oxygens (including phenoxy) is 1. The smallest absolute Gasteiger partial charge is 0.269 e. The molecule has 7 nitrogen and oxygen atoms in total. The third-order valence-corrected chi connectivity index (χ3v) is 3.18. The molecule has 0 aliphatic heterocycles. The summed E-state index contributed by atoms with van der Waals surface area (Å²) in [7, 11) is 0. The Morgan fingerprint density at radius 1 is 1.45 bits per heavy atom. The largest absolute Gasteiger partial charge is 0.484 e. The molecule has 0 spiro atoms. The number of non-ortho nitro benzene ring substituents is 1. The summed E-state index contributed by atoms with van der Waals surface area (Å²) in [6, 6.07) is 5.59. The highest BCUT2D eigenvalue weighted by molar-refractivity contribution is 5.77. The van der Waals surface area contributed by atoms with Crippen LogP contribution in [0.5, 0.6) is 5.75 Å². The van der Waals surface area contributed by atoms with Gasteiger partial charge in [-0.05, 0) is 30.9 Å². The van der Waals surface area contributed by atoms with Crippen LogP contribution in [0.2, 0.25) is 0 Å². The molecule has 1 unspecified atom stereocenters. The number of amides is 1. The molecule has 1 fully saturated rings. The topological polar surface area (TPSA) is 107 Å². The first-order valence-corrected chi connectivity index (χ1v) is 6.46. The molecule has 2 rings (SSSR count). The number of nitrogens with zero attached hydrogens (tertiary/aromatic N) is 1. The first kappa shape index (κ1) is 14.3. The van der Waals surface area contributed by atoms with E-state index in [1.807, 2.05) is 0 Å². The van der Waals surface area contributed by atoms with Gasteiger partial charge in [-0.15, -0.1) is 0 Å². The van der Waals surface area contributed by atoms with Crippen molar-refractivity contribution < 1.29 is 14.5 Å². The molecule has 1 saturated carbocycles. The second-order valence-corrected chi connectivity index (χ2v) is 4.85. The number of nitro benzene ring substituents is 1. The summed E-state index contributed by atoms with van der Waals surface area (Å²) in [6.45, 7) is 0.322. The van der Waals surface area contributed by atoms with Crippen molar-refractivity contribution in [2.24, 2.45) is 11.7 Å². The Bertz CT molecular complexity index is 485. The number of nitrogens with one attached hydrogen (secondary N) is 1. The molecule has 0 radical (unpaired) electrons. The van der Waals surface area contributed by atoms with Crippen molar-refractivity contribution in [1.82, 2.24) is 5.32 Å². The molecule has 108 valence electrons. The van der Waals surface area contributed by atoms with Crippen LogP contribution in [0.1, 0.15) is 12.8 Å². The lowest BCUT2D eigenvalue weighted by Gasteiger charge is -2.12. The van der Waals surface area contributed by atoms with Crippen molar-refractivity contribution in [3.63, 3.8) is 0 Å². The van der Waals surface area contributed by atoms with E-state index < -0.39 is 4.92 Å². The molecule has 1 aromatic rings. The molecular weight excluding hydrogens is 262 g/mol. The predicted octanol–water partition coefficient (Wildman–Crippen LogP) is 0.827. The lowest BCUT2D eigenvalue weighted by Crippen LogP contribution is -2.40. The van der Waals surface area contributed by atoms with Gasteiger partial charge >= 0.3 is 0 Å². The van der Waals surface area contributed by atoms with Crippen LogP contribution in [-0.2, 0) is 4.79 Å². The van der Waals surface area contributed by atoms with Crippen LogP contribution in [-0.4, -0.2) is 30.0 Å². The highest BCUT2D eigenvalue weighted by Gasteiger charge is 2.28. The Kier molecular flexibility index (Phi) is 4.52. The van der Waals surface area contributed by atoms with Gasteiger partial charge in [-0.2, -0.15) is 0 Å². The number of hydrogen-bond acceptors (Lipinski definition) is 5. The van der Waals surface area contributed by atoms with Crippen molar-refractivity contribution in [3.8, 4) is 5.75 Å². The number of rotatable bonds is 7. The van der Waals surface area contributed by atoms with Gasteiger partial charge in [0.25, 0.3) is 11.6 Å². The third kappa shape index (κ3) is 4.20. The Balaban J connectivity index is 1.70. The van der Waals surface area contributed by atoms with Crippen molar-refractivity contribution in [2.45, 2.75) is 18.9 Å². The zero-order chi connectivity index (χ0) is 14.5. The van der Waals surface area contributed by atoms with Gasteiger partial charge in [-0.1, -0.05) is 0 Å². The van der Waals surface area contributed by atoms with Gasteiger partial charge in [-0.3, -0.25) is 14.9 Å². The van der Waals surface area contributed by atoms with Gasteiger partial charge < -0.3 is 15.8 Å². The van der Waals surface area contributed by atoms with Crippen LogP contribution < -0.4 is 15.8 Å². The van der Waals surface area contributed by atoms with Gasteiger partial charge in [0.2, 0.25) is 0 Å². The van der Waals surface area contributed by atoms with Crippen LogP contribution in [0.15, 0.2) is 24.3 Å². The minimum atomic E-state index is -0.490. The van der Waals surface area contributed by atoms with Gasteiger partial charge in [0.05, 0.1) is 4.92 Å². The SMILES string of the molecule is NC(CNC(=O)COc1ccc([N+](=O)[O-])cc1)C1CC1. The van der Waals surface area contributed by atoms with E-state index in [4.69, 9.17) is 10.5 Å². The summed E-state index contributed by atoms with van der Waals surface area (Å²) in [6.07, 6.45) is 2.27. The van der Waals surface area contributed by atoms with Gasteiger partial charge in [-0.25, -0.2) is 0 Å². The van der Waals surface area contributed by atoms with Crippen LogP contribution in [0, 0.1) is 16.0 Å². The maximum atomic E-state index is 11.5. The quantitative estimate of drug-likeness (QED) is 0.567. The molecule has 7 heteroatoms. The molecule has 20 heavy (non-hydrogen) atoms. The summed E-state index contributed by atoms with van der Waals surface area (Å²) in [5.74, 6) is 0.697. The third-order valence-electron chi connectivity index (χ3n) is 3.18. The number of hydrogen-bond donors (Lipinski definition) is 2. The van der Waals surface area contributed by atoms with Crippen LogP contribution in [0.3, 0.4) is 0 Å². The zero-order valence-corrected chi connectivity index (χ0v) is 11.0. The molecule has 1 amide bonds. The van der Waals surface area contributed by atoms with Crippen LogP contribution in [0.25, 0.3) is 0 Å². The molecule has 0 saturated heterocycles. The van der Waals surface area contributed by atoms with Crippen molar-refractivity contribution in [2.75, 3.05) is 13.2 Å². The molecule has 1 aliphatic carbocycles. The molecule has 1 aromatic carbocycles. The molecule has 1 atom stereocenters. The Morgan fingerprint density at radius 3 is 2.65 bits per heavy atom. The first-order valence-electron chi connectivity index (χ1n) is 6.46. The van der Waals surface area contributed by atoms with Crippen molar-refractivity contribution in [3.05, 3.63) is 34.4 Å². The summed E-state index contributed by atoms with van der Waals surface area (Å²) in [5, 5.41) is 13.2. The van der Waals surface area contributed by atoms with E-state index >= 15 is 0 Å². The number of nitrogens with two attached hydrogens (primary N) is 1. The maximum Gasteiger partial charge on any atom is 0.269 e. The molecule has 0 aromatic heterocycles. The highest BCUT2D eigenvalue weighted by Crippen LogP contribution is 2.31. The van der Waals surface area contributed by atoms with E-state index in [0.29, 0.717) is 18.2 Å². The van der Waals surface area contributed by atoms with Crippen molar-refractivity contribution >= 4 is 11.6 Å². The van der Waals surface area contributed by atoms with Crippen LogP contribution >= 0.6 is 0 Å². The van der Waals surface area contributed by atoms with Crippen molar-refractivity contribution in [1.29, 1.82) is 0 Å². The summed E-state index contributed by atoms with van der Waals surface area (Å²) >= 11 is 0. The monoisotopic (exact) mass is 279 g/mol. The fraction of sp³-hybridized carbons (Fsp3) is 0.462. The van der Waals surface area contributed by atoms with E-state index in [-0.39, 0.29) is 24.2 Å². The molecular formula is C13H17N3O4. The average molecular weight is 279 g/mol. The minimum Gasteiger partial charge on any atom is -0.484 e. The summed E-state index contributed by atoms with van der Waals surface area (Å²) in [4.78, 5) is 21.5. The second-order valence-electron chi connectivity index (χ2n) is 4.85.